The Hall–Kier alpha value is -3.35. The molecule has 0 saturated heterocycles. The van der Waals surface area contributed by atoms with Crippen molar-refractivity contribution in [1.82, 2.24) is 0 Å². The quantitative estimate of drug-likeness (QED) is 0.425. The predicted octanol–water partition coefficient (Wildman–Crippen LogP) is 3.11. The van der Waals surface area contributed by atoms with Crippen molar-refractivity contribution in [3.05, 3.63) is 48.2 Å². The van der Waals surface area contributed by atoms with Gasteiger partial charge in [-0.3, -0.25) is 4.79 Å². The highest BCUT2D eigenvalue weighted by molar-refractivity contribution is 6.05. The van der Waals surface area contributed by atoms with E-state index in [1.54, 1.807) is 37.4 Å². The number of methoxy groups -OCH3 is 4. The molecule has 0 aliphatic carbocycles. The molecule has 0 bridgehead atoms. The molecule has 0 saturated carbocycles. The number of hydrogen-bond acceptors (Lipinski definition) is 7. The highest BCUT2D eigenvalue weighted by atomic mass is 16.5. The number of allylic oxidation sites excluding steroid dienone is 1. The smallest absolute Gasteiger partial charge is 0.203 e. The van der Waals surface area contributed by atoms with Gasteiger partial charge in [-0.25, -0.2) is 0 Å². The van der Waals surface area contributed by atoms with E-state index in [4.69, 9.17) is 24.7 Å². The summed E-state index contributed by atoms with van der Waals surface area (Å²) in [6.07, 6.45) is 2.94. The van der Waals surface area contributed by atoms with E-state index in [1.165, 1.54) is 33.6 Å². The standard InChI is InChI=1S/C19H22N2O5/c1-23-16-6-5-13(11-14(16)20)21-8-7-15(22)12-9-17(24-2)19(26-4)18(10-12)25-3/h5-11,21H,20H2,1-4H3/b8-7-. The van der Waals surface area contributed by atoms with Crippen LogP contribution in [-0.4, -0.2) is 34.2 Å². The maximum Gasteiger partial charge on any atom is 0.203 e. The normalized spacial score (nSPS) is 10.5. The van der Waals surface area contributed by atoms with Crippen molar-refractivity contribution in [3.63, 3.8) is 0 Å². The van der Waals surface area contributed by atoms with Crippen LogP contribution < -0.4 is 30.0 Å². The fourth-order valence-electron chi connectivity index (χ4n) is 2.36. The van der Waals surface area contributed by atoms with Gasteiger partial charge in [-0.2, -0.15) is 0 Å². The van der Waals surface area contributed by atoms with Crippen molar-refractivity contribution < 1.29 is 23.7 Å². The Kier molecular flexibility index (Phi) is 6.32. The van der Waals surface area contributed by atoms with Gasteiger partial charge in [0.1, 0.15) is 5.75 Å². The molecule has 0 amide bonds. The van der Waals surface area contributed by atoms with Gasteiger partial charge in [-0.1, -0.05) is 0 Å². The molecule has 7 nitrogen and oxygen atoms in total. The number of hydrogen-bond donors (Lipinski definition) is 2. The van der Waals surface area contributed by atoms with E-state index in [1.807, 2.05) is 0 Å². The molecule has 0 heterocycles. The average Bonchev–Trinajstić information content (AvgIpc) is 2.66. The van der Waals surface area contributed by atoms with Gasteiger partial charge in [-0.15, -0.1) is 0 Å². The number of rotatable bonds is 8. The zero-order chi connectivity index (χ0) is 19.1. The van der Waals surface area contributed by atoms with Crippen molar-refractivity contribution in [1.29, 1.82) is 0 Å². The van der Waals surface area contributed by atoms with Crippen LogP contribution >= 0.6 is 0 Å². The fraction of sp³-hybridized carbons (Fsp3) is 0.211. The third-order valence-electron chi connectivity index (χ3n) is 3.66. The molecule has 0 unspecified atom stereocenters. The Bertz CT molecular complexity index is 793. The minimum absolute atomic E-state index is 0.224. The fourth-order valence-corrected chi connectivity index (χ4v) is 2.36. The number of nitrogen functional groups attached to an aromatic ring is 1. The summed E-state index contributed by atoms with van der Waals surface area (Å²) in [6.45, 7) is 0. The molecule has 26 heavy (non-hydrogen) atoms. The van der Waals surface area contributed by atoms with Crippen LogP contribution in [0.5, 0.6) is 23.0 Å². The van der Waals surface area contributed by atoms with Gasteiger partial charge in [0, 0.05) is 23.5 Å². The van der Waals surface area contributed by atoms with Crippen LogP contribution in [0.2, 0.25) is 0 Å². The minimum atomic E-state index is -0.224. The van der Waals surface area contributed by atoms with Gasteiger partial charge < -0.3 is 30.0 Å². The second-order valence-corrected chi connectivity index (χ2v) is 5.21. The summed E-state index contributed by atoms with van der Waals surface area (Å²) >= 11 is 0. The molecule has 138 valence electrons. The lowest BCUT2D eigenvalue weighted by Crippen LogP contribution is -2.01. The maximum absolute atomic E-state index is 12.4. The number of ketones is 1. The molecule has 0 spiro atoms. The van der Waals surface area contributed by atoms with Gasteiger partial charge in [0.15, 0.2) is 17.3 Å². The van der Waals surface area contributed by atoms with Gasteiger partial charge in [0.25, 0.3) is 0 Å². The maximum atomic E-state index is 12.4. The SMILES string of the molecule is COc1ccc(N/C=C\C(=O)c2cc(OC)c(OC)c(OC)c2)cc1N. The van der Waals surface area contributed by atoms with Crippen molar-refractivity contribution in [2.45, 2.75) is 0 Å². The van der Waals surface area contributed by atoms with E-state index in [2.05, 4.69) is 5.32 Å². The topological polar surface area (TPSA) is 92.0 Å². The number of carbonyl (C=O) groups is 1. The van der Waals surface area contributed by atoms with Crippen LogP contribution in [0.15, 0.2) is 42.6 Å². The highest BCUT2D eigenvalue weighted by Gasteiger charge is 2.15. The molecule has 3 N–H and O–H groups in total. The lowest BCUT2D eigenvalue weighted by Gasteiger charge is -2.13. The van der Waals surface area contributed by atoms with Crippen molar-refractivity contribution in [3.8, 4) is 23.0 Å². The first-order valence-corrected chi connectivity index (χ1v) is 7.75. The first-order valence-electron chi connectivity index (χ1n) is 7.75. The Morgan fingerprint density at radius 1 is 0.923 bits per heavy atom. The number of carbonyl (C=O) groups excluding carboxylic acids is 1. The summed E-state index contributed by atoms with van der Waals surface area (Å²) in [5.74, 6) is 1.63. The number of nitrogens with two attached hydrogens (primary N) is 1. The summed E-state index contributed by atoms with van der Waals surface area (Å²) in [5, 5.41) is 2.99. The second kappa shape index (κ2) is 8.66. The molecule has 7 heteroatoms. The Morgan fingerprint density at radius 2 is 1.54 bits per heavy atom. The zero-order valence-corrected chi connectivity index (χ0v) is 15.2. The molecule has 0 fully saturated rings. The van der Waals surface area contributed by atoms with E-state index in [0.29, 0.717) is 34.2 Å². The summed E-state index contributed by atoms with van der Waals surface area (Å²) in [6, 6.07) is 8.45. The Morgan fingerprint density at radius 3 is 2.04 bits per heavy atom. The second-order valence-electron chi connectivity index (χ2n) is 5.21. The molecular weight excluding hydrogens is 336 g/mol. The van der Waals surface area contributed by atoms with E-state index in [0.717, 1.165) is 5.69 Å². The minimum Gasteiger partial charge on any atom is -0.495 e. The van der Waals surface area contributed by atoms with Gasteiger partial charge in [-0.05, 0) is 30.3 Å². The molecule has 2 aromatic rings. The summed E-state index contributed by atoms with van der Waals surface area (Å²) in [5.41, 5.74) is 7.49. The lowest BCUT2D eigenvalue weighted by atomic mass is 10.1. The molecule has 2 aromatic carbocycles. The summed E-state index contributed by atoms with van der Waals surface area (Å²) in [4.78, 5) is 12.4. The van der Waals surface area contributed by atoms with E-state index < -0.39 is 0 Å². The van der Waals surface area contributed by atoms with E-state index in [-0.39, 0.29) is 5.78 Å². The van der Waals surface area contributed by atoms with Gasteiger partial charge >= 0.3 is 0 Å². The summed E-state index contributed by atoms with van der Waals surface area (Å²) in [7, 11) is 6.05. The average molecular weight is 358 g/mol. The van der Waals surface area contributed by atoms with Crippen LogP contribution in [0.4, 0.5) is 11.4 Å². The number of anilines is 2. The van der Waals surface area contributed by atoms with Crippen LogP contribution in [0.25, 0.3) is 0 Å². The highest BCUT2D eigenvalue weighted by Crippen LogP contribution is 2.38. The zero-order valence-electron chi connectivity index (χ0n) is 15.2. The van der Waals surface area contributed by atoms with Gasteiger partial charge in [0.2, 0.25) is 5.75 Å². The van der Waals surface area contributed by atoms with Gasteiger partial charge in [0.05, 0.1) is 34.1 Å². The largest absolute Gasteiger partial charge is 0.495 e. The molecule has 0 atom stereocenters. The van der Waals surface area contributed by atoms with E-state index in [9.17, 15) is 4.79 Å². The number of ether oxygens (including phenoxy) is 4. The molecular formula is C19H22N2O5. The molecule has 0 aromatic heterocycles. The first kappa shape index (κ1) is 19.0. The molecule has 2 rings (SSSR count). The van der Waals surface area contributed by atoms with Crippen LogP contribution in [-0.2, 0) is 0 Å². The molecule has 0 aliphatic rings. The number of nitrogens with one attached hydrogen (secondary N) is 1. The van der Waals surface area contributed by atoms with Crippen LogP contribution in [0, 0.1) is 0 Å². The third-order valence-corrected chi connectivity index (χ3v) is 3.66. The molecule has 0 radical (unpaired) electrons. The summed E-state index contributed by atoms with van der Waals surface area (Å²) < 4.78 is 20.9. The molecule has 0 aliphatic heterocycles. The van der Waals surface area contributed by atoms with E-state index >= 15 is 0 Å². The van der Waals surface area contributed by atoms with Crippen LogP contribution in [0.1, 0.15) is 10.4 Å². The Labute approximate surface area is 152 Å². The van der Waals surface area contributed by atoms with Crippen LogP contribution in [0.3, 0.4) is 0 Å². The lowest BCUT2D eigenvalue weighted by molar-refractivity contribution is 0.104. The predicted molar refractivity (Wildman–Crippen MR) is 101 cm³/mol. The number of benzene rings is 2. The van der Waals surface area contributed by atoms with Crippen molar-refractivity contribution in [2.24, 2.45) is 0 Å². The van der Waals surface area contributed by atoms with Crippen molar-refractivity contribution >= 4 is 17.2 Å². The monoisotopic (exact) mass is 358 g/mol. The Balaban J connectivity index is 2.16. The first-order chi connectivity index (χ1) is 12.5. The van der Waals surface area contributed by atoms with Crippen molar-refractivity contribution in [2.75, 3.05) is 39.5 Å². The third kappa shape index (κ3) is 4.18.